The van der Waals surface area contributed by atoms with E-state index in [4.69, 9.17) is 11.6 Å². The third-order valence-electron chi connectivity index (χ3n) is 1.52. The predicted molar refractivity (Wildman–Crippen MR) is 63.1 cm³/mol. The van der Waals surface area contributed by atoms with Gasteiger partial charge in [0.1, 0.15) is 0 Å². The van der Waals surface area contributed by atoms with Gasteiger partial charge < -0.3 is 5.32 Å². The first-order valence-electron chi connectivity index (χ1n) is 4.12. The van der Waals surface area contributed by atoms with E-state index in [-0.39, 0.29) is 5.91 Å². The van der Waals surface area contributed by atoms with Crippen LogP contribution in [0.15, 0.2) is 3.79 Å². The van der Waals surface area contributed by atoms with Crippen molar-refractivity contribution in [2.24, 2.45) is 0 Å². The number of nitrogens with one attached hydrogen (secondary N) is 1. The molecule has 14 heavy (non-hydrogen) atoms. The zero-order valence-electron chi connectivity index (χ0n) is 7.64. The number of amides is 1. The summed E-state index contributed by atoms with van der Waals surface area (Å²) in [6, 6.07) is 0. The van der Waals surface area contributed by atoms with Gasteiger partial charge >= 0.3 is 0 Å². The van der Waals surface area contributed by atoms with Crippen molar-refractivity contribution >= 4 is 49.9 Å². The van der Waals surface area contributed by atoms with Gasteiger partial charge in [0.25, 0.3) is 0 Å². The van der Waals surface area contributed by atoms with Crippen molar-refractivity contribution < 1.29 is 4.79 Å². The van der Waals surface area contributed by atoms with Crippen molar-refractivity contribution in [2.75, 3.05) is 11.2 Å². The topological polar surface area (TPSA) is 42.0 Å². The van der Waals surface area contributed by atoms with Gasteiger partial charge in [-0.2, -0.15) is 0 Å². The molecule has 0 unspecified atom stereocenters. The molecule has 78 valence electrons. The number of halogens is 2. The van der Waals surface area contributed by atoms with Crippen LogP contribution in [0.25, 0.3) is 0 Å². The van der Waals surface area contributed by atoms with Gasteiger partial charge in [-0.3, -0.25) is 4.79 Å². The molecule has 1 N–H and O–H groups in total. The lowest BCUT2D eigenvalue weighted by atomic mass is 10.3. The first kappa shape index (κ1) is 11.9. The molecule has 3 nitrogen and oxygen atoms in total. The van der Waals surface area contributed by atoms with E-state index in [1.807, 2.05) is 6.92 Å². The smallest absolute Gasteiger partial charge is 0.226 e. The van der Waals surface area contributed by atoms with Crippen LogP contribution in [0.1, 0.15) is 18.5 Å². The normalized spacial score (nSPS) is 10.2. The van der Waals surface area contributed by atoms with Crippen LogP contribution < -0.4 is 5.32 Å². The summed E-state index contributed by atoms with van der Waals surface area (Å²) in [4.78, 5) is 15.4. The Bertz CT molecular complexity index is 310. The molecule has 1 aromatic heterocycles. The van der Waals surface area contributed by atoms with Gasteiger partial charge in [0.05, 0.1) is 9.48 Å². The van der Waals surface area contributed by atoms with Gasteiger partial charge in [-0.15, -0.1) is 11.6 Å². The molecular formula is C8H10BrClN2OS. The quantitative estimate of drug-likeness (QED) is 0.867. The van der Waals surface area contributed by atoms with Crippen molar-refractivity contribution in [1.29, 1.82) is 0 Å². The number of nitrogens with zero attached hydrogens (tertiary/aromatic N) is 1. The number of rotatable bonds is 4. The zero-order valence-corrected chi connectivity index (χ0v) is 10.8. The Morgan fingerprint density at radius 3 is 2.93 bits per heavy atom. The number of hydrogen-bond acceptors (Lipinski definition) is 3. The predicted octanol–water partition coefficient (Wildman–Crippen LogP) is 3.17. The molecule has 0 radical (unpaired) electrons. The molecule has 1 aromatic rings. The second kappa shape index (κ2) is 5.68. The first-order chi connectivity index (χ1) is 6.63. The minimum atomic E-state index is -0.0353. The summed E-state index contributed by atoms with van der Waals surface area (Å²) in [6.07, 6.45) is 1.14. The van der Waals surface area contributed by atoms with E-state index in [1.165, 1.54) is 11.3 Å². The monoisotopic (exact) mass is 296 g/mol. The van der Waals surface area contributed by atoms with Crippen LogP contribution in [-0.4, -0.2) is 16.8 Å². The summed E-state index contributed by atoms with van der Waals surface area (Å²) >= 11 is 10.2. The van der Waals surface area contributed by atoms with Crippen LogP contribution >= 0.6 is 38.9 Å². The van der Waals surface area contributed by atoms with E-state index >= 15 is 0 Å². The van der Waals surface area contributed by atoms with Gasteiger partial charge in [-0.25, -0.2) is 4.98 Å². The molecule has 1 amide bonds. The Kier molecular flexibility index (Phi) is 4.84. The number of carbonyl (C=O) groups is 1. The highest BCUT2D eigenvalue weighted by atomic mass is 79.9. The Hall–Kier alpha value is -0.130. The van der Waals surface area contributed by atoms with Crippen LogP contribution in [-0.2, 0) is 4.79 Å². The van der Waals surface area contributed by atoms with Crippen LogP contribution in [0.2, 0.25) is 0 Å². The second-order valence-corrected chi connectivity index (χ2v) is 5.41. The molecule has 0 saturated carbocycles. The van der Waals surface area contributed by atoms with Gasteiger partial charge in [0.15, 0.2) is 5.13 Å². The first-order valence-corrected chi connectivity index (χ1v) is 6.26. The summed E-state index contributed by atoms with van der Waals surface area (Å²) < 4.78 is 0.949. The van der Waals surface area contributed by atoms with Crippen LogP contribution in [0.5, 0.6) is 0 Å². The van der Waals surface area contributed by atoms with Crippen LogP contribution in [0.4, 0.5) is 5.13 Å². The molecule has 0 aliphatic carbocycles. The highest BCUT2D eigenvalue weighted by Crippen LogP contribution is 2.27. The Morgan fingerprint density at radius 1 is 1.71 bits per heavy atom. The molecule has 0 aliphatic rings. The van der Waals surface area contributed by atoms with Crippen LogP contribution in [0, 0.1) is 6.92 Å². The fraction of sp³-hybridized carbons (Fsp3) is 0.500. The summed E-state index contributed by atoms with van der Waals surface area (Å²) in [5, 5.41) is 3.35. The van der Waals surface area contributed by atoms with E-state index < -0.39 is 0 Å². The lowest BCUT2D eigenvalue weighted by Gasteiger charge is -1.98. The number of thiazole rings is 1. The Labute approximate surface area is 100.0 Å². The number of carbonyl (C=O) groups excluding carboxylic acids is 1. The summed E-state index contributed by atoms with van der Waals surface area (Å²) in [5.74, 6) is 0.473. The standard InChI is InChI=1S/C8H10BrClN2OS/c1-5-7(9)14-8(11-5)12-6(13)3-2-4-10/h2-4H2,1H3,(H,11,12,13). The zero-order chi connectivity index (χ0) is 10.6. The van der Waals surface area contributed by atoms with E-state index in [9.17, 15) is 4.79 Å². The van der Waals surface area contributed by atoms with Crippen molar-refractivity contribution in [3.05, 3.63) is 9.48 Å². The molecule has 0 aliphatic heterocycles. The largest absolute Gasteiger partial charge is 0.302 e. The fourth-order valence-electron chi connectivity index (χ4n) is 0.840. The third kappa shape index (κ3) is 3.55. The van der Waals surface area contributed by atoms with Crippen molar-refractivity contribution in [3.8, 4) is 0 Å². The summed E-state index contributed by atoms with van der Waals surface area (Å²) in [6.45, 7) is 1.88. The lowest BCUT2D eigenvalue weighted by molar-refractivity contribution is -0.116. The average Bonchev–Trinajstić information content (AvgIpc) is 2.42. The molecule has 0 atom stereocenters. The number of hydrogen-bond donors (Lipinski definition) is 1. The molecule has 0 saturated heterocycles. The SMILES string of the molecule is Cc1nc(NC(=O)CCCCl)sc1Br. The molecule has 0 fully saturated rings. The van der Waals surface area contributed by atoms with Gasteiger partial charge in [-0.1, -0.05) is 11.3 Å². The van der Waals surface area contributed by atoms with E-state index in [0.29, 0.717) is 23.9 Å². The number of alkyl halides is 1. The van der Waals surface area contributed by atoms with Crippen molar-refractivity contribution in [1.82, 2.24) is 4.98 Å². The summed E-state index contributed by atoms with van der Waals surface area (Å²) in [7, 11) is 0. The maximum Gasteiger partial charge on any atom is 0.226 e. The molecule has 0 bridgehead atoms. The Morgan fingerprint density at radius 2 is 2.43 bits per heavy atom. The molecule has 1 heterocycles. The third-order valence-corrected chi connectivity index (χ3v) is 3.71. The number of aromatic nitrogens is 1. The van der Waals surface area contributed by atoms with Crippen molar-refractivity contribution in [2.45, 2.75) is 19.8 Å². The average molecular weight is 298 g/mol. The second-order valence-electron chi connectivity index (χ2n) is 2.72. The van der Waals surface area contributed by atoms with Crippen LogP contribution in [0.3, 0.4) is 0 Å². The van der Waals surface area contributed by atoms with Gasteiger partial charge in [-0.05, 0) is 29.3 Å². The molecule has 0 aromatic carbocycles. The van der Waals surface area contributed by atoms with E-state index in [2.05, 4.69) is 26.2 Å². The maximum absolute atomic E-state index is 11.3. The van der Waals surface area contributed by atoms with E-state index in [1.54, 1.807) is 0 Å². The van der Waals surface area contributed by atoms with E-state index in [0.717, 1.165) is 9.48 Å². The Balaban J connectivity index is 2.48. The molecule has 0 spiro atoms. The minimum Gasteiger partial charge on any atom is -0.302 e. The van der Waals surface area contributed by atoms with Gasteiger partial charge in [0.2, 0.25) is 5.91 Å². The maximum atomic E-state index is 11.3. The summed E-state index contributed by atoms with van der Waals surface area (Å²) in [5.41, 5.74) is 0.891. The highest BCUT2D eigenvalue weighted by Gasteiger charge is 2.07. The van der Waals surface area contributed by atoms with Crippen molar-refractivity contribution in [3.63, 3.8) is 0 Å². The number of anilines is 1. The van der Waals surface area contributed by atoms with Gasteiger partial charge in [0, 0.05) is 12.3 Å². The molecule has 1 rings (SSSR count). The molecule has 6 heteroatoms. The highest BCUT2D eigenvalue weighted by molar-refractivity contribution is 9.11. The number of aryl methyl sites for hydroxylation is 1. The lowest BCUT2D eigenvalue weighted by Crippen LogP contribution is -2.10. The molecular weight excluding hydrogens is 288 g/mol. The fourth-order valence-corrected chi connectivity index (χ4v) is 2.23. The minimum absolute atomic E-state index is 0.0353.